The number of rotatable bonds is 12. The van der Waals surface area contributed by atoms with Crippen molar-refractivity contribution in [3.05, 3.63) is 29.8 Å². The fourth-order valence-corrected chi connectivity index (χ4v) is 2.52. The maximum absolute atomic E-state index is 5.65. The number of aliphatic imine (C=N–C) groups is 1. The highest BCUT2D eigenvalue weighted by Gasteiger charge is 2.20. The minimum atomic E-state index is 0.819. The van der Waals surface area contributed by atoms with Crippen LogP contribution in [0.2, 0.25) is 0 Å². The molecule has 1 aliphatic rings. The van der Waals surface area contributed by atoms with Gasteiger partial charge in [0.1, 0.15) is 5.75 Å². The Morgan fingerprint density at radius 3 is 2.64 bits per heavy atom. The lowest BCUT2D eigenvalue weighted by atomic mass is 10.1. The van der Waals surface area contributed by atoms with Crippen LogP contribution in [-0.4, -0.2) is 45.9 Å². The quantitative estimate of drug-likeness (QED) is 0.347. The molecular formula is C20H33N3O2. The van der Waals surface area contributed by atoms with Crippen LogP contribution in [0.4, 0.5) is 0 Å². The maximum atomic E-state index is 5.65. The summed E-state index contributed by atoms with van der Waals surface area (Å²) < 4.78 is 10.8. The molecule has 1 aromatic carbocycles. The van der Waals surface area contributed by atoms with Gasteiger partial charge in [-0.3, -0.25) is 4.99 Å². The number of nitrogens with zero attached hydrogens (tertiary/aromatic N) is 1. The third-order valence-electron chi connectivity index (χ3n) is 4.21. The Balaban J connectivity index is 1.58. The molecule has 0 saturated heterocycles. The second-order valence-electron chi connectivity index (χ2n) is 6.51. The van der Waals surface area contributed by atoms with Crippen LogP contribution in [0.5, 0.6) is 5.75 Å². The van der Waals surface area contributed by atoms with E-state index in [-0.39, 0.29) is 0 Å². The molecule has 0 amide bonds. The van der Waals surface area contributed by atoms with Gasteiger partial charge in [0.25, 0.3) is 0 Å². The molecule has 0 spiro atoms. The van der Waals surface area contributed by atoms with Crippen LogP contribution < -0.4 is 15.4 Å². The summed E-state index contributed by atoms with van der Waals surface area (Å²) in [4.78, 5) is 4.65. The minimum absolute atomic E-state index is 0.819. The van der Waals surface area contributed by atoms with Crippen LogP contribution in [-0.2, 0) is 11.2 Å². The van der Waals surface area contributed by atoms with Gasteiger partial charge in [-0.25, -0.2) is 0 Å². The lowest BCUT2D eigenvalue weighted by Gasteiger charge is -2.11. The second kappa shape index (κ2) is 11.7. The maximum Gasteiger partial charge on any atom is 0.191 e. The predicted octanol–water partition coefficient (Wildman–Crippen LogP) is 3.00. The first-order chi connectivity index (χ1) is 12.3. The fraction of sp³-hybridized carbons (Fsp3) is 0.650. The first-order valence-corrected chi connectivity index (χ1v) is 9.54. The van der Waals surface area contributed by atoms with Crippen molar-refractivity contribution in [1.29, 1.82) is 0 Å². The van der Waals surface area contributed by atoms with E-state index < -0.39 is 0 Å². The van der Waals surface area contributed by atoms with Crippen LogP contribution in [0.15, 0.2) is 29.3 Å². The summed E-state index contributed by atoms with van der Waals surface area (Å²) in [5, 5.41) is 6.68. The zero-order valence-electron chi connectivity index (χ0n) is 15.7. The number of benzene rings is 1. The summed E-state index contributed by atoms with van der Waals surface area (Å²) in [5.74, 6) is 2.65. The Morgan fingerprint density at radius 2 is 1.96 bits per heavy atom. The third-order valence-corrected chi connectivity index (χ3v) is 4.21. The Morgan fingerprint density at radius 1 is 1.16 bits per heavy atom. The molecule has 0 unspecified atom stereocenters. The lowest BCUT2D eigenvalue weighted by molar-refractivity contribution is 0.123. The van der Waals surface area contributed by atoms with Gasteiger partial charge in [-0.1, -0.05) is 12.1 Å². The number of nitrogens with one attached hydrogen (secondary N) is 2. The lowest BCUT2D eigenvalue weighted by Crippen LogP contribution is -2.38. The van der Waals surface area contributed by atoms with Crippen molar-refractivity contribution in [3.8, 4) is 5.75 Å². The molecule has 140 valence electrons. The molecule has 1 aromatic rings. The highest BCUT2D eigenvalue weighted by Crippen LogP contribution is 2.28. The molecule has 0 bridgehead atoms. The van der Waals surface area contributed by atoms with Gasteiger partial charge in [-0.2, -0.15) is 0 Å². The molecule has 0 heterocycles. The van der Waals surface area contributed by atoms with E-state index in [9.17, 15) is 0 Å². The summed E-state index contributed by atoms with van der Waals surface area (Å²) in [5.41, 5.74) is 1.32. The van der Waals surface area contributed by atoms with E-state index in [1.807, 2.05) is 12.1 Å². The predicted molar refractivity (Wildman–Crippen MR) is 103 cm³/mol. The van der Waals surface area contributed by atoms with Crippen molar-refractivity contribution in [2.24, 2.45) is 10.9 Å². The molecule has 5 nitrogen and oxygen atoms in total. The van der Waals surface area contributed by atoms with E-state index >= 15 is 0 Å². The van der Waals surface area contributed by atoms with Crippen LogP contribution in [0.3, 0.4) is 0 Å². The second-order valence-corrected chi connectivity index (χ2v) is 6.51. The van der Waals surface area contributed by atoms with Crippen molar-refractivity contribution in [2.45, 2.75) is 39.0 Å². The third kappa shape index (κ3) is 8.77. The van der Waals surface area contributed by atoms with Crippen LogP contribution in [0.25, 0.3) is 0 Å². The molecule has 1 fully saturated rings. The van der Waals surface area contributed by atoms with Gasteiger partial charge in [0.15, 0.2) is 5.96 Å². The summed E-state index contributed by atoms with van der Waals surface area (Å²) >= 11 is 0. The van der Waals surface area contributed by atoms with E-state index in [2.05, 4.69) is 34.7 Å². The zero-order chi connectivity index (χ0) is 17.7. The molecule has 1 aliphatic carbocycles. The number of hydrogen-bond acceptors (Lipinski definition) is 3. The molecule has 0 aliphatic heterocycles. The normalized spacial score (nSPS) is 14.4. The van der Waals surface area contributed by atoms with Crippen molar-refractivity contribution in [3.63, 3.8) is 0 Å². The molecule has 2 N–H and O–H groups in total. The molecule has 0 atom stereocenters. The molecule has 0 radical (unpaired) electrons. The number of guanidine groups is 1. The summed E-state index contributed by atoms with van der Waals surface area (Å²) in [6, 6.07) is 8.26. The van der Waals surface area contributed by atoms with Gasteiger partial charge in [-0.05, 0) is 62.6 Å². The largest absolute Gasteiger partial charge is 0.497 e. The van der Waals surface area contributed by atoms with E-state index in [4.69, 9.17) is 9.47 Å². The van der Waals surface area contributed by atoms with E-state index in [0.29, 0.717) is 0 Å². The average Bonchev–Trinajstić information content (AvgIpc) is 3.46. The van der Waals surface area contributed by atoms with Gasteiger partial charge in [0.2, 0.25) is 0 Å². The summed E-state index contributed by atoms with van der Waals surface area (Å²) in [6.45, 7) is 6.46. The Labute approximate surface area is 152 Å². The van der Waals surface area contributed by atoms with E-state index in [1.165, 1.54) is 18.4 Å². The molecule has 25 heavy (non-hydrogen) atoms. The smallest absolute Gasteiger partial charge is 0.191 e. The molecule has 5 heteroatoms. The van der Waals surface area contributed by atoms with Crippen LogP contribution in [0, 0.1) is 5.92 Å². The number of hydrogen-bond donors (Lipinski definition) is 2. The van der Waals surface area contributed by atoms with Gasteiger partial charge < -0.3 is 20.1 Å². The van der Waals surface area contributed by atoms with Crippen molar-refractivity contribution in [1.82, 2.24) is 10.6 Å². The highest BCUT2D eigenvalue weighted by atomic mass is 16.5. The van der Waals surface area contributed by atoms with E-state index in [0.717, 1.165) is 69.7 Å². The Bertz CT molecular complexity index is 498. The molecular weight excluding hydrogens is 314 g/mol. The number of aryl methyl sites for hydroxylation is 1. The average molecular weight is 348 g/mol. The topological polar surface area (TPSA) is 54.9 Å². The molecule has 1 saturated carbocycles. The summed E-state index contributed by atoms with van der Waals surface area (Å²) in [6.07, 6.45) is 5.79. The first kappa shape index (κ1) is 19.6. The van der Waals surface area contributed by atoms with Crippen LogP contribution in [0.1, 0.15) is 38.2 Å². The van der Waals surface area contributed by atoms with Crippen molar-refractivity contribution in [2.75, 3.05) is 40.0 Å². The first-order valence-electron chi connectivity index (χ1n) is 9.54. The monoisotopic (exact) mass is 347 g/mol. The Kier molecular flexibility index (Phi) is 9.19. The zero-order valence-corrected chi connectivity index (χ0v) is 15.7. The standard InChI is InChI=1S/C20H33N3O2/c1-3-21-20(23-14-5-15-25-16-18-7-8-18)22-13-4-6-17-9-11-19(24-2)12-10-17/h9-12,18H,3-8,13-16H2,1-2H3,(H2,21,22,23). The highest BCUT2D eigenvalue weighted by molar-refractivity contribution is 5.79. The summed E-state index contributed by atoms with van der Waals surface area (Å²) in [7, 11) is 1.69. The number of ether oxygens (including phenoxy) is 2. The minimum Gasteiger partial charge on any atom is -0.497 e. The van der Waals surface area contributed by atoms with Gasteiger partial charge in [-0.15, -0.1) is 0 Å². The van der Waals surface area contributed by atoms with Gasteiger partial charge >= 0.3 is 0 Å². The van der Waals surface area contributed by atoms with Crippen molar-refractivity contribution >= 4 is 5.96 Å². The fourth-order valence-electron chi connectivity index (χ4n) is 2.52. The Hall–Kier alpha value is -1.75. The molecule has 0 aromatic heterocycles. The SMILES string of the molecule is CCNC(=NCCCc1ccc(OC)cc1)NCCCOCC1CC1. The van der Waals surface area contributed by atoms with Crippen LogP contribution >= 0.6 is 0 Å². The van der Waals surface area contributed by atoms with E-state index in [1.54, 1.807) is 7.11 Å². The number of methoxy groups -OCH3 is 1. The van der Waals surface area contributed by atoms with Gasteiger partial charge in [0, 0.05) is 32.8 Å². The van der Waals surface area contributed by atoms with Crippen molar-refractivity contribution < 1.29 is 9.47 Å². The molecule has 2 rings (SSSR count). The van der Waals surface area contributed by atoms with Gasteiger partial charge in [0.05, 0.1) is 7.11 Å².